The van der Waals surface area contributed by atoms with Crippen LogP contribution >= 0.6 is 11.3 Å². The molecule has 0 spiro atoms. The van der Waals surface area contributed by atoms with E-state index in [0.717, 1.165) is 30.2 Å². The van der Waals surface area contributed by atoms with E-state index in [4.69, 9.17) is 0 Å². The largest absolute Gasteiger partial charge is 0.347 e. The molecule has 0 aromatic carbocycles. The molecular weight excluding hydrogens is 276 g/mol. The fraction of sp³-hybridized carbons (Fsp3) is 0.615. The SMILES string of the molecule is Cc1csc(CCNC(=O)C(=O)N2CCCNCC2)n1. The van der Waals surface area contributed by atoms with Gasteiger partial charge in [0.2, 0.25) is 0 Å². The lowest BCUT2D eigenvalue weighted by Crippen LogP contribution is -2.44. The van der Waals surface area contributed by atoms with Gasteiger partial charge in [-0.15, -0.1) is 11.3 Å². The minimum atomic E-state index is -0.514. The van der Waals surface area contributed by atoms with Crippen molar-refractivity contribution >= 4 is 23.2 Å². The topological polar surface area (TPSA) is 74.3 Å². The molecule has 6 nitrogen and oxygen atoms in total. The molecule has 1 fully saturated rings. The molecule has 20 heavy (non-hydrogen) atoms. The minimum absolute atomic E-state index is 0.427. The van der Waals surface area contributed by atoms with Gasteiger partial charge in [-0.2, -0.15) is 0 Å². The monoisotopic (exact) mass is 296 g/mol. The van der Waals surface area contributed by atoms with Gasteiger partial charge in [-0.3, -0.25) is 9.59 Å². The standard InChI is InChI=1S/C13H20N4O2S/c1-10-9-20-11(16-10)3-5-15-12(18)13(19)17-7-2-4-14-6-8-17/h9,14H,2-8H2,1H3,(H,15,18). The predicted octanol–water partition coefficient (Wildman–Crippen LogP) is -0.0679. The molecule has 2 N–H and O–H groups in total. The predicted molar refractivity (Wildman–Crippen MR) is 77.6 cm³/mol. The van der Waals surface area contributed by atoms with Gasteiger partial charge < -0.3 is 15.5 Å². The molecule has 0 saturated carbocycles. The Morgan fingerprint density at radius 3 is 3.05 bits per heavy atom. The molecule has 1 saturated heterocycles. The van der Waals surface area contributed by atoms with Crippen LogP contribution < -0.4 is 10.6 Å². The van der Waals surface area contributed by atoms with E-state index in [0.29, 0.717) is 26.1 Å². The molecule has 1 aliphatic heterocycles. The van der Waals surface area contributed by atoms with Gasteiger partial charge in [0.15, 0.2) is 0 Å². The van der Waals surface area contributed by atoms with Crippen LogP contribution in [0.25, 0.3) is 0 Å². The van der Waals surface area contributed by atoms with E-state index >= 15 is 0 Å². The van der Waals surface area contributed by atoms with Crippen LogP contribution in [0.2, 0.25) is 0 Å². The molecule has 2 heterocycles. The second-order valence-electron chi connectivity index (χ2n) is 4.78. The Morgan fingerprint density at radius 2 is 2.30 bits per heavy atom. The summed E-state index contributed by atoms with van der Waals surface area (Å²) in [7, 11) is 0. The molecule has 0 unspecified atom stereocenters. The summed E-state index contributed by atoms with van der Waals surface area (Å²) < 4.78 is 0. The summed E-state index contributed by atoms with van der Waals surface area (Å²) in [6.07, 6.45) is 1.55. The first-order valence-electron chi connectivity index (χ1n) is 6.85. The Balaban J connectivity index is 1.74. The van der Waals surface area contributed by atoms with Crippen molar-refractivity contribution in [2.24, 2.45) is 0 Å². The zero-order valence-corrected chi connectivity index (χ0v) is 12.5. The first-order valence-corrected chi connectivity index (χ1v) is 7.73. The van der Waals surface area contributed by atoms with Crippen LogP contribution in [0.3, 0.4) is 0 Å². The maximum absolute atomic E-state index is 12.0. The van der Waals surface area contributed by atoms with Crippen LogP contribution in [-0.2, 0) is 16.0 Å². The van der Waals surface area contributed by atoms with Crippen molar-refractivity contribution in [3.63, 3.8) is 0 Å². The van der Waals surface area contributed by atoms with E-state index < -0.39 is 11.8 Å². The van der Waals surface area contributed by atoms with Gasteiger partial charge >= 0.3 is 11.8 Å². The molecule has 2 amide bonds. The van der Waals surface area contributed by atoms with Crippen molar-refractivity contribution in [1.82, 2.24) is 20.5 Å². The van der Waals surface area contributed by atoms with Crippen molar-refractivity contribution in [2.45, 2.75) is 19.8 Å². The number of nitrogens with zero attached hydrogens (tertiary/aromatic N) is 2. The molecule has 110 valence electrons. The molecule has 0 radical (unpaired) electrons. The Kier molecular flexibility index (Phi) is 5.49. The second-order valence-corrected chi connectivity index (χ2v) is 5.73. The molecule has 1 aliphatic rings. The van der Waals surface area contributed by atoms with Crippen LogP contribution in [-0.4, -0.2) is 54.4 Å². The van der Waals surface area contributed by atoms with E-state index in [9.17, 15) is 9.59 Å². The first-order chi connectivity index (χ1) is 9.66. The van der Waals surface area contributed by atoms with Crippen molar-refractivity contribution < 1.29 is 9.59 Å². The summed E-state index contributed by atoms with van der Waals surface area (Å²) in [5.74, 6) is -0.941. The first kappa shape index (κ1) is 14.9. The Labute approximate surface area is 122 Å². The number of hydrogen-bond acceptors (Lipinski definition) is 5. The normalized spacial score (nSPS) is 15.8. The summed E-state index contributed by atoms with van der Waals surface area (Å²) in [5, 5.41) is 8.84. The Morgan fingerprint density at radius 1 is 1.45 bits per heavy atom. The summed E-state index contributed by atoms with van der Waals surface area (Å²) >= 11 is 1.57. The highest BCUT2D eigenvalue weighted by molar-refractivity contribution is 7.09. The molecule has 1 aromatic rings. The van der Waals surface area contributed by atoms with Gasteiger partial charge in [-0.05, 0) is 19.9 Å². The summed E-state index contributed by atoms with van der Waals surface area (Å²) in [6.45, 7) is 5.27. The summed E-state index contributed by atoms with van der Waals surface area (Å²) in [6, 6.07) is 0. The molecule has 2 rings (SSSR count). The zero-order valence-electron chi connectivity index (χ0n) is 11.6. The Hall–Kier alpha value is -1.47. The number of rotatable bonds is 3. The number of carbonyl (C=O) groups excluding carboxylic acids is 2. The van der Waals surface area contributed by atoms with E-state index in [-0.39, 0.29) is 0 Å². The molecule has 1 aromatic heterocycles. The highest BCUT2D eigenvalue weighted by Gasteiger charge is 2.21. The fourth-order valence-electron chi connectivity index (χ4n) is 2.07. The van der Waals surface area contributed by atoms with Crippen LogP contribution in [0.15, 0.2) is 5.38 Å². The van der Waals surface area contributed by atoms with Gasteiger partial charge in [0.1, 0.15) is 0 Å². The second kappa shape index (κ2) is 7.35. The third-order valence-corrected chi connectivity index (χ3v) is 4.14. The third-order valence-electron chi connectivity index (χ3n) is 3.11. The maximum Gasteiger partial charge on any atom is 0.311 e. The van der Waals surface area contributed by atoms with E-state index in [2.05, 4.69) is 15.6 Å². The van der Waals surface area contributed by atoms with Crippen LogP contribution in [0.1, 0.15) is 17.1 Å². The summed E-state index contributed by atoms with van der Waals surface area (Å²) in [4.78, 5) is 29.7. The van der Waals surface area contributed by atoms with Crippen LogP contribution in [0, 0.1) is 6.92 Å². The lowest BCUT2D eigenvalue weighted by atomic mass is 10.3. The van der Waals surface area contributed by atoms with Gasteiger partial charge in [-0.25, -0.2) is 4.98 Å². The van der Waals surface area contributed by atoms with Gasteiger partial charge in [0.05, 0.1) is 5.01 Å². The van der Waals surface area contributed by atoms with Crippen LogP contribution in [0.4, 0.5) is 0 Å². The van der Waals surface area contributed by atoms with E-state index in [1.54, 1.807) is 16.2 Å². The average molecular weight is 296 g/mol. The number of aryl methyl sites for hydroxylation is 1. The molecular formula is C13H20N4O2S. The number of hydrogen-bond donors (Lipinski definition) is 2. The van der Waals surface area contributed by atoms with Crippen molar-refractivity contribution in [1.29, 1.82) is 0 Å². The van der Waals surface area contributed by atoms with Crippen LogP contribution in [0.5, 0.6) is 0 Å². The molecule has 7 heteroatoms. The summed E-state index contributed by atoms with van der Waals surface area (Å²) in [5.41, 5.74) is 0.990. The number of nitrogens with one attached hydrogen (secondary N) is 2. The fourth-order valence-corrected chi connectivity index (χ4v) is 2.84. The highest BCUT2D eigenvalue weighted by atomic mass is 32.1. The van der Waals surface area contributed by atoms with Crippen molar-refractivity contribution in [2.75, 3.05) is 32.7 Å². The van der Waals surface area contributed by atoms with Gasteiger partial charge in [0, 0.05) is 43.7 Å². The average Bonchev–Trinajstić information content (AvgIpc) is 2.68. The number of carbonyl (C=O) groups is 2. The zero-order chi connectivity index (χ0) is 14.4. The lowest BCUT2D eigenvalue weighted by Gasteiger charge is -2.18. The Bertz CT molecular complexity index is 467. The van der Waals surface area contributed by atoms with Crippen molar-refractivity contribution in [3.8, 4) is 0 Å². The molecule has 0 aliphatic carbocycles. The minimum Gasteiger partial charge on any atom is -0.347 e. The van der Waals surface area contributed by atoms with Gasteiger partial charge in [-0.1, -0.05) is 0 Å². The molecule has 0 bridgehead atoms. The number of aromatic nitrogens is 1. The maximum atomic E-state index is 12.0. The van der Waals surface area contributed by atoms with E-state index in [1.165, 1.54) is 0 Å². The highest BCUT2D eigenvalue weighted by Crippen LogP contribution is 2.08. The third kappa shape index (κ3) is 4.28. The lowest BCUT2D eigenvalue weighted by molar-refractivity contribution is -0.145. The van der Waals surface area contributed by atoms with Gasteiger partial charge in [0.25, 0.3) is 0 Å². The van der Waals surface area contributed by atoms with Crippen molar-refractivity contribution in [3.05, 3.63) is 16.1 Å². The number of amides is 2. The smallest absolute Gasteiger partial charge is 0.311 e. The quantitative estimate of drug-likeness (QED) is 0.766. The number of thiazole rings is 1. The molecule has 0 atom stereocenters. The van der Waals surface area contributed by atoms with E-state index in [1.807, 2.05) is 12.3 Å².